The molecule has 2 heterocycles. The Labute approximate surface area is 341 Å². The van der Waals surface area contributed by atoms with E-state index in [9.17, 15) is 0 Å². The van der Waals surface area contributed by atoms with Crippen molar-refractivity contribution >= 4 is 21.4 Å². The average Bonchev–Trinajstić information content (AvgIpc) is 3.93. The first kappa shape index (κ1) is 33.0. The van der Waals surface area contributed by atoms with Crippen molar-refractivity contribution in [1.82, 2.24) is 9.97 Å². The molecule has 58 heavy (non-hydrogen) atoms. The standard InChI is InChI=1S/C55H34N2S/c1-3-16-35(17-4-1)37-20-15-21-39(32-37)50-34-49(36-18-5-2-6-19-36)56-54(57-50)43-24-8-7-22-40(43)38-30-31-42-41-23-9-12-27-46(41)55(48(42)33-38)47-28-13-10-25-44(47)52-45-26-11-14-29-51(45)58-53(52)55/h1-34H. The Balaban J connectivity index is 1.07. The van der Waals surface area contributed by atoms with E-state index in [4.69, 9.17) is 9.97 Å². The number of aromatic nitrogens is 2. The smallest absolute Gasteiger partial charge is 0.161 e. The molecule has 2 nitrogen and oxygen atoms in total. The summed E-state index contributed by atoms with van der Waals surface area (Å²) >= 11 is 1.95. The van der Waals surface area contributed by atoms with Crippen LogP contribution in [0.3, 0.4) is 0 Å². The molecule has 12 rings (SSSR count). The van der Waals surface area contributed by atoms with E-state index in [0.717, 1.165) is 44.8 Å². The predicted octanol–water partition coefficient (Wildman–Crippen LogP) is 14.4. The molecule has 8 aromatic carbocycles. The highest BCUT2D eigenvalue weighted by Gasteiger charge is 2.53. The van der Waals surface area contributed by atoms with Crippen LogP contribution < -0.4 is 0 Å². The van der Waals surface area contributed by atoms with Crippen molar-refractivity contribution in [1.29, 1.82) is 0 Å². The van der Waals surface area contributed by atoms with Crippen molar-refractivity contribution in [3.8, 4) is 78.4 Å². The number of fused-ring (bicyclic) bond motifs is 12. The molecule has 0 saturated heterocycles. The first-order chi connectivity index (χ1) is 28.8. The number of rotatable bonds is 5. The van der Waals surface area contributed by atoms with Crippen LogP contribution in [0.15, 0.2) is 206 Å². The summed E-state index contributed by atoms with van der Waals surface area (Å²) in [5.41, 5.74) is 18.4. The Morgan fingerprint density at radius 1 is 0.345 bits per heavy atom. The number of hydrogen-bond acceptors (Lipinski definition) is 3. The third-order valence-corrected chi connectivity index (χ3v) is 13.4. The van der Waals surface area contributed by atoms with Crippen LogP contribution in [0.1, 0.15) is 21.6 Å². The molecule has 0 amide bonds. The van der Waals surface area contributed by atoms with Gasteiger partial charge in [-0.3, -0.25) is 0 Å². The van der Waals surface area contributed by atoms with Gasteiger partial charge in [0.2, 0.25) is 0 Å². The maximum absolute atomic E-state index is 5.37. The summed E-state index contributed by atoms with van der Waals surface area (Å²) in [6, 6.07) is 74.6. The Morgan fingerprint density at radius 3 is 1.71 bits per heavy atom. The maximum Gasteiger partial charge on any atom is 0.161 e. The highest BCUT2D eigenvalue weighted by Crippen LogP contribution is 2.66. The summed E-state index contributed by atoms with van der Waals surface area (Å²) in [7, 11) is 0. The van der Waals surface area contributed by atoms with Gasteiger partial charge < -0.3 is 0 Å². The Hall–Kier alpha value is -7.20. The number of benzene rings is 8. The molecular weight excluding hydrogens is 721 g/mol. The lowest BCUT2D eigenvalue weighted by atomic mass is 9.73. The van der Waals surface area contributed by atoms with E-state index < -0.39 is 5.41 Å². The first-order valence-electron chi connectivity index (χ1n) is 19.8. The van der Waals surface area contributed by atoms with E-state index in [1.54, 1.807) is 0 Å². The summed E-state index contributed by atoms with van der Waals surface area (Å²) in [5, 5.41) is 1.33. The molecule has 0 saturated carbocycles. The highest BCUT2D eigenvalue weighted by molar-refractivity contribution is 7.20. The maximum atomic E-state index is 5.37. The molecule has 1 spiro atoms. The Morgan fingerprint density at radius 2 is 0.914 bits per heavy atom. The first-order valence-corrected chi connectivity index (χ1v) is 20.6. The van der Waals surface area contributed by atoms with Gasteiger partial charge in [0.25, 0.3) is 0 Å². The van der Waals surface area contributed by atoms with E-state index in [1.165, 1.54) is 59.5 Å². The van der Waals surface area contributed by atoms with Crippen molar-refractivity contribution in [2.75, 3.05) is 0 Å². The third kappa shape index (κ3) is 4.84. The summed E-state index contributed by atoms with van der Waals surface area (Å²) in [6.45, 7) is 0. The van der Waals surface area contributed by atoms with Gasteiger partial charge in [-0.1, -0.05) is 182 Å². The SMILES string of the molecule is c1ccc(-c2cccc(-c3cc(-c4ccccc4)nc(-c4ccccc4-c4ccc5c(c4)C4(c6ccccc6-5)c5ccccc5-c5c4sc4ccccc54)n3)c2)cc1. The van der Waals surface area contributed by atoms with E-state index in [2.05, 4.69) is 206 Å². The van der Waals surface area contributed by atoms with Crippen molar-refractivity contribution in [3.05, 3.63) is 228 Å². The van der Waals surface area contributed by atoms with Crippen LogP contribution in [-0.4, -0.2) is 9.97 Å². The molecule has 0 radical (unpaired) electrons. The van der Waals surface area contributed by atoms with Crippen molar-refractivity contribution in [3.63, 3.8) is 0 Å². The number of thiophene rings is 1. The van der Waals surface area contributed by atoms with Crippen LogP contribution in [0, 0.1) is 0 Å². The molecule has 10 aromatic rings. The van der Waals surface area contributed by atoms with Gasteiger partial charge in [-0.2, -0.15) is 0 Å². The van der Waals surface area contributed by atoms with Crippen LogP contribution in [0.2, 0.25) is 0 Å². The summed E-state index contributed by atoms with van der Waals surface area (Å²) in [5.74, 6) is 0.702. The molecule has 3 heteroatoms. The Bertz CT molecular complexity index is 3240. The molecule has 0 N–H and O–H groups in total. The molecule has 0 fully saturated rings. The number of hydrogen-bond donors (Lipinski definition) is 0. The topological polar surface area (TPSA) is 25.8 Å². The number of nitrogens with zero attached hydrogens (tertiary/aromatic N) is 2. The van der Waals surface area contributed by atoms with Gasteiger partial charge in [0.15, 0.2) is 5.82 Å². The van der Waals surface area contributed by atoms with Crippen molar-refractivity contribution in [2.45, 2.75) is 5.41 Å². The lowest BCUT2D eigenvalue weighted by Gasteiger charge is -2.29. The second kappa shape index (κ2) is 12.9. The van der Waals surface area contributed by atoms with E-state index in [-0.39, 0.29) is 0 Å². The van der Waals surface area contributed by atoms with Crippen molar-refractivity contribution in [2.24, 2.45) is 0 Å². The van der Waals surface area contributed by atoms with Crippen LogP contribution in [0.4, 0.5) is 0 Å². The highest BCUT2D eigenvalue weighted by atomic mass is 32.1. The minimum absolute atomic E-state index is 0.423. The molecule has 2 aliphatic rings. The molecule has 2 aromatic heterocycles. The summed E-state index contributed by atoms with van der Waals surface area (Å²) < 4.78 is 1.33. The lowest BCUT2D eigenvalue weighted by Crippen LogP contribution is -2.24. The van der Waals surface area contributed by atoms with Gasteiger partial charge in [-0.15, -0.1) is 11.3 Å². The second-order valence-corrected chi connectivity index (χ2v) is 16.3. The fourth-order valence-electron chi connectivity index (χ4n) is 9.60. The van der Waals surface area contributed by atoms with Crippen LogP contribution in [0.25, 0.3) is 88.5 Å². The predicted molar refractivity (Wildman–Crippen MR) is 241 cm³/mol. The zero-order valence-corrected chi connectivity index (χ0v) is 32.2. The van der Waals surface area contributed by atoms with E-state index in [0.29, 0.717) is 5.82 Å². The fourth-order valence-corrected chi connectivity index (χ4v) is 11.1. The molecule has 1 atom stereocenters. The Kier molecular flexibility index (Phi) is 7.35. The molecule has 1 unspecified atom stereocenters. The van der Waals surface area contributed by atoms with Crippen LogP contribution >= 0.6 is 11.3 Å². The lowest BCUT2D eigenvalue weighted by molar-refractivity contribution is 0.812. The fraction of sp³-hybridized carbons (Fsp3) is 0.0182. The van der Waals surface area contributed by atoms with Gasteiger partial charge in [-0.25, -0.2) is 9.97 Å². The van der Waals surface area contributed by atoms with Gasteiger partial charge in [0.1, 0.15) is 0 Å². The molecular formula is C55H34N2S. The zero-order chi connectivity index (χ0) is 38.2. The third-order valence-electron chi connectivity index (χ3n) is 12.1. The normalized spacial score (nSPS) is 14.6. The minimum Gasteiger partial charge on any atom is -0.228 e. The monoisotopic (exact) mass is 754 g/mol. The van der Waals surface area contributed by atoms with Crippen molar-refractivity contribution < 1.29 is 0 Å². The average molecular weight is 755 g/mol. The molecule has 2 aliphatic carbocycles. The molecule has 0 bridgehead atoms. The van der Waals surface area contributed by atoms with E-state index >= 15 is 0 Å². The van der Waals surface area contributed by atoms with Gasteiger partial charge in [0, 0.05) is 37.2 Å². The summed E-state index contributed by atoms with van der Waals surface area (Å²) in [4.78, 5) is 12.1. The minimum atomic E-state index is -0.423. The van der Waals surface area contributed by atoms with Gasteiger partial charge in [0.05, 0.1) is 16.8 Å². The van der Waals surface area contributed by atoms with Crippen LogP contribution in [0.5, 0.6) is 0 Å². The van der Waals surface area contributed by atoms with E-state index in [1.807, 2.05) is 11.3 Å². The largest absolute Gasteiger partial charge is 0.228 e. The second-order valence-electron chi connectivity index (χ2n) is 15.2. The van der Waals surface area contributed by atoms with Gasteiger partial charge in [-0.05, 0) is 79.9 Å². The van der Waals surface area contributed by atoms with Crippen LogP contribution in [-0.2, 0) is 5.41 Å². The zero-order valence-electron chi connectivity index (χ0n) is 31.4. The van der Waals surface area contributed by atoms with Gasteiger partial charge >= 0.3 is 0 Å². The quantitative estimate of drug-likeness (QED) is 0.175. The molecule has 270 valence electrons. The molecule has 0 aliphatic heterocycles. The summed E-state index contributed by atoms with van der Waals surface area (Å²) in [6.07, 6.45) is 0.